The third-order valence-corrected chi connectivity index (χ3v) is 4.74. The summed E-state index contributed by atoms with van der Waals surface area (Å²) in [6.45, 7) is 7.64. The quantitative estimate of drug-likeness (QED) is 0.777. The summed E-state index contributed by atoms with van der Waals surface area (Å²) >= 11 is 5.47. The molecule has 0 fully saturated rings. The van der Waals surface area contributed by atoms with E-state index < -0.39 is 0 Å². The van der Waals surface area contributed by atoms with Crippen LogP contribution in [0.25, 0.3) is 0 Å². The van der Waals surface area contributed by atoms with Crippen molar-refractivity contribution in [3.8, 4) is 0 Å². The zero-order valence-electron chi connectivity index (χ0n) is 12.3. The predicted octanol–water partition coefficient (Wildman–Crippen LogP) is 5.23. The van der Waals surface area contributed by atoms with Crippen LogP contribution in [0.2, 0.25) is 0 Å². The van der Waals surface area contributed by atoms with Crippen molar-refractivity contribution in [2.75, 3.05) is 6.54 Å². The Balaban J connectivity index is 2.17. The van der Waals surface area contributed by atoms with Crippen molar-refractivity contribution in [3.63, 3.8) is 0 Å². The Morgan fingerprint density at radius 3 is 2.55 bits per heavy atom. The van der Waals surface area contributed by atoms with Gasteiger partial charge in [-0.3, -0.25) is 0 Å². The lowest BCUT2D eigenvalue weighted by atomic mass is 9.92. The van der Waals surface area contributed by atoms with E-state index in [1.165, 1.54) is 15.6 Å². The van der Waals surface area contributed by atoms with Crippen LogP contribution >= 0.6 is 27.3 Å². The highest BCUT2D eigenvalue weighted by atomic mass is 79.9. The van der Waals surface area contributed by atoms with E-state index in [-0.39, 0.29) is 5.54 Å². The van der Waals surface area contributed by atoms with Crippen molar-refractivity contribution in [3.05, 3.63) is 56.7 Å². The molecule has 1 nitrogen and oxygen atoms in total. The van der Waals surface area contributed by atoms with Crippen molar-refractivity contribution >= 4 is 27.3 Å². The average molecular weight is 352 g/mol. The molecule has 20 heavy (non-hydrogen) atoms. The van der Waals surface area contributed by atoms with E-state index in [0.717, 1.165) is 13.0 Å². The molecule has 1 unspecified atom stereocenters. The molecule has 1 aromatic heterocycles. The highest BCUT2D eigenvalue weighted by molar-refractivity contribution is 9.10. The first-order chi connectivity index (χ1) is 9.46. The Morgan fingerprint density at radius 1 is 1.20 bits per heavy atom. The molecule has 0 amide bonds. The number of nitrogens with one attached hydrogen (secondary N) is 1. The van der Waals surface area contributed by atoms with Crippen LogP contribution in [0.5, 0.6) is 0 Å². The fraction of sp³-hybridized carbons (Fsp3) is 0.412. The molecule has 2 rings (SSSR count). The lowest BCUT2D eigenvalue weighted by Gasteiger charge is -2.26. The molecule has 0 aliphatic heterocycles. The SMILES string of the molecule is CC(C)(C)NCC(Cc1ccsc1)c1ccccc1Br. The van der Waals surface area contributed by atoms with Gasteiger partial charge in [-0.05, 0) is 61.2 Å². The average Bonchev–Trinajstić information content (AvgIpc) is 2.87. The standard InChI is InChI=1S/C17H22BrNS/c1-17(2,3)19-11-14(10-13-8-9-20-12-13)15-6-4-5-7-16(15)18/h4-9,12,14,19H,10-11H2,1-3H3. The third-order valence-electron chi connectivity index (χ3n) is 3.29. The monoisotopic (exact) mass is 351 g/mol. The summed E-state index contributed by atoms with van der Waals surface area (Å²) in [7, 11) is 0. The molecule has 0 aliphatic rings. The van der Waals surface area contributed by atoms with Gasteiger partial charge in [0, 0.05) is 22.5 Å². The Bertz CT molecular complexity index is 528. The summed E-state index contributed by atoms with van der Waals surface area (Å²) < 4.78 is 1.20. The van der Waals surface area contributed by atoms with E-state index in [2.05, 4.69) is 83.1 Å². The molecule has 0 radical (unpaired) electrons. The van der Waals surface area contributed by atoms with E-state index in [9.17, 15) is 0 Å². The number of halogens is 1. The number of benzene rings is 1. The summed E-state index contributed by atoms with van der Waals surface area (Å²) in [6, 6.07) is 10.8. The second kappa shape index (κ2) is 6.88. The number of hydrogen-bond donors (Lipinski definition) is 1. The fourth-order valence-electron chi connectivity index (χ4n) is 2.22. The van der Waals surface area contributed by atoms with Crippen LogP contribution in [0.3, 0.4) is 0 Å². The summed E-state index contributed by atoms with van der Waals surface area (Å²) in [6.07, 6.45) is 1.08. The topological polar surface area (TPSA) is 12.0 Å². The first-order valence-electron chi connectivity index (χ1n) is 6.96. The minimum atomic E-state index is 0.147. The summed E-state index contributed by atoms with van der Waals surface area (Å²) in [5, 5.41) is 8.05. The molecule has 1 N–H and O–H groups in total. The molecule has 1 atom stereocenters. The maximum atomic E-state index is 3.70. The van der Waals surface area contributed by atoms with Crippen LogP contribution in [0.4, 0.5) is 0 Å². The van der Waals surface area contributed by atoms with Gasteiger partial charge in [0.2, 0.25) is 0 Å². The van der Waals surface area contributed by atoms with Crippen LogP contribution in [0.15, 0.2) is 45.6 Å². The lowest BCUT2D eigenvalue weighted by Crippen LogP contribution is -2.39. The second-order valence-electron chi connectivity index (χ2n) is 6.19. The summed E-state index contributed by atoms with van der Waals surface area (Å²) in [5.41, 5.74) is 2.95. The molecule has 0 bridgehead atoms. The van der Waals surface area contributed by atoms with Gasteiger partial charge in [-0.2, -0.15) is 11.3 Å². The van der Waals surface area contributed by atoms with Crippen LogP contribution in [0.1, 0.15) is 37.8 Å². The first kappa shape index (κ1) is 15.7. The van der Waals surface area contributed by atoms with E-state index in [0.29, 0.717) is 5.92 Å². The van der Waals surface area contributed by atoms with Crippen LogP contribution < -0.4 is 5.32 Å². The van der Waals surface area contributed by atoms with E-state index in [4.69, 9.17) is 0 Å². The van der Waals surface area contributed by atoms with Crippen molar-refractivity contribution in [1.82, 2.24) is 5.32 Å². The zero-order chi connectivity index (χ0) is 14.6. The van der Waals surface area contributed by atoms with Crippen molar-refractivity contribution < 1.29 is 0 Å². The molecule has 3 heteroatoms. The van der Waals surface area contributed by atoms with Gasteiger partial charge in [-0.1, -0.05) is 34.1 Å². The van der Waals surface area contributed by atoms with E-state index in [1.54, 1.807) is 11.3 Å². The van der Waals surface area contributed by atoms with Crippen LogP contribution in [-0.2, 0) is 6.42 Å². The fourth-order valence-corrected chi connectivity index (χ4v) is 3.51. The van der Waals surface area contributed by atoms with Gasteiger partial charge < -0.3 is 5.32 Å². The minimum absolute atomic E-state index is 0.147. The molecule has 108 valence electrons. The van der Waals surface area contributed by atoms with Gasteiger partial charge in [0.15, 0.2) is 0 Å². The summed E-state index contributed by atoms with van der Waals surface area (Å²) in [5.74, 6) is 0.486. The van der Waals surface area contributed by atoms with Gasteiger partial charge in [-0.15, -0.1) is 0 Å². The third kappa shape index (κ3) is 4.72. The molecule has 1 aromatic carbocycles. The maximum absolute atomic E-state index is 3.70. The van der Waals surface area contributed by atoms with Gasteiger partial charge in [0.05, 0.1) is 0 Å². The first-order valence-corrected chi connectivity index (χ1v) is 8.70. The molecule has 0 spiro atoms. The molecule has 0 aliphatic carbocycles. The van der Waals surface area contributed by atoms with Crippen molar-refractivity contribution in [2.45, 2.75) is 38.6 Å². The maximum Gasteiger partial charge on any atom is 0.0210 e. The molecule has 2 aromatic rings. The number of hydrogen-bond acceptors (Lipinski definition) is 2. The lowest BCUT2D eigenvalue weighted by molar-refractivity contribution is 0.404. The Hall–Kier alpha value is -0.640. The predicted molar refractivity (Wildman–Crippen MR) is 92.7 cm³/mol. The normalized spacial score (nSPS) is 13.4. The summed E-state index contributed by atoms with van der Waals surface area (Å²) in [4.78, 5) is 0. The largest absolute Gasteiger partial charge is 0.311 e. The van der Waals surface area contributed by atoms with Crippen LogP contribution in [-0.4, -0.2) is 12.1 Å². The van der Waals surface area contributed by atoms with E-state index >= 15 is 0 Å². The van der Waals surface area contributed by atoms with Gasteiger partial charge in [-0.25, -0.2) is 0 Å². The highest BCUT2D eigenvalue weighted by Crippen LogP contribution is 2.28. The number of rotatable bonds is 5. The molecular formula is C17H22BrNS. The zero-order valence-corrected chi connectivity index (χ0v) is 14.7. The van der Waals surface area contributed by atoms with Gasteiger partial charge >= 0.3 is 0 Å². The van der Waals surface area contributed by atoms with Crippen molar-refractivity contribution in [2.24, 2.45) is 0 Å². The number of thiophene rings is 1. The Morgan fingerprint density at radius 2 is 1.95 bits per heavy atom. The van der Waals surface area contributed by atoms with E-state index in [1.807, 2.05) is 0 Å². The smallest absolute Gasteiger partial charge is 0.0210 e. The second-order valence-corrected chi connectivity index (χ2v) is 7.82. The van der Waals surface area contributed by atoms with Gasteiger partial charge in [0.25, 0.3) is 0 Å². The van der Waals surface area contributed by atoms with Crippen LogP contribution in [0, 0.1) is 0 Å². The molecule has 0 saturated carbocycles. The Labute approximate surface area is 134 Å². The minimum Gasteiger partial charge on any atom is -0.311 e. The highest BCUT2D eigenvalue weighted by Gasteiger charge is 2.18. The molecule has 1 heterocycles. The molecule has 0 saturated heterocycles. The molecular weight excluding hydrogens is 330 g/mol. The van der Waals surface area contributed by atoms with Gasteiger partial charge in [0.1, 0.15) is 0 Å². The van der Waals surface area contributed by atoms with Crippen molar-refractivity contribution in [1.29, 1.82) is 0 Å². The Kier molecular flexibility index (Phi) is 5.42.